The lowest BCUT2D eigenvalue weighted by Gasteiger charge is -1.93. The van der Waals surface area contributed by atoms with E-state index in [4.69, 9.17) is 0 Å². The third-order valence-corrected chi connectivity index (χ3v) is 1.58. The summed E-state index contributed by atoms with van der Waals surface area (Å²) in [7, 11) is 0. The molecule has 1 heteroatoms. The van der Waals surface area contributed by atoms with E-state index in [0.717, 1.165) is 5.57 Å². The summed E-state index contributed by atoms with van der Waals surface area (Å²) in [6, 6.07) is 0. The first-order valence-corrected chi connectivity index (χ1v) is 3.96. The summed E-state index contributed by atoms with van der Waals surface area (Å²) in [4.78, 5) is 1.17. The van der Waals surface area contributed by atoms with E-state index in [2.05, 4.69) is 13.2 Å². The zero-order valence-electron chi connectivity index (χ0n) is 5.98. The monoisotopic (exact) mass is 140 g/mol. The van der Waals surface area contributed by atoms with Crippen molar-refractivity contribution in [1.29, 1.82) is 0 Å². The van der Waals surface area contributed by atoms with Crippen molar-refractivity contribution in [1.82, 2.24) is 0 Å². The summed E-state index contributed by atoms with van der Waals surface area (Å²) in [6.07, 6.45) is 5.87. The summed E-state index contributed by atoms with van der Waals surface area (Å²) in [5.41, 5.74) is 1.07. The lowest BCUT2D eigenvalue weighted by molar-refractivity contribution is 1.55. The molecule has 0 aromatic rings. The SMILES string of the molecule is C=C/C(=C\C(=C)C)SC. The number of rotatable bonds is 3. The maximum Gasteiger partial charge on any atom is 0.00656 e. The Labute approximate surface area is 61.3 Å². The molecule has 0 fully saturated rings. The lowest BCUT2D eigenvalue weighted by atomic mass is 10.3. The Hall–Kier alpha value is -0.430. The van der Waals surface area contributed by atoms with E-state index in [1.165, 1.54) is 4.91 Å². The first kappa shape index (κ1) is 8.57. The molecule has 0 aromatic heterocycles. The van der Waals surface area contributed by atoms with Crippen LogP contribution in [0, 0.1) is 0 Å². The molecule has 0 aliphatic rings. The van der Waals surface area contributed by atoms with Gasteiger partial charge in [-0.15, -0.1) is 11.8 Å². The number of hydrogen-bond donors (Lipinski definition) is 0. The molecule has 0 aliphatic carbocycles. The Bertz CT molecular complexity index is 143. The van der Waals surface area contributed by atoms with Gasteiger partial charge in [0.25, 0.3) is 0 Å². The lowest BCUT2D eigenvalue weighted by Crippen LogP contribution is -1.68. The van der Waals surface area contributed by atoms with Crippen LogP contribution in [0.2, 0.25) is 0 Å². The van der Waals surface area contributed by atoms with E-state index in [-0.39, 0.29) is 0 Å². The Kier molecular flexibility index (Phi) is 4.24. The third-order valence-electron chi connectivity index (χ3n) is 0.826. The minimum atomic E-state index is 1.07. The molecule has 0 unspecified atom stereocenters. The van der Waals surface area contributed by atoms with Gasteiger partial charge < -0.3 is 0 Å². The van der Waals surface area contributed by atoms with Gasteiger partial charge in [0, 0.05) is 4.91 Å². The molecule has 0 aromatic carbocycles. The van der Waals surface area contributed by atoms with E-state index in [9.17, 15) is 0 Å². The van der Waals surface area contributed by atoms with Gasteiger partial charge in [0.1, 0.15) is 0 Å². The highest BCUT2D eigenvalue weighted by Gasteiger charge is 1.84. The van der Waals surface area contributed by atoms with Gasteiger partial charge >= 0.3 is 0 Å². The number of hydrogen-bond acceptors (Lipinski definition) is 1. The first-order chi connectivity index (χ1) is 4.20. The van der Waals surface area contributed by atoms with Crippen molar-refractivity contribution in [3.63, 3.8) is 0 Å². The zero-order valence-corrected chi connectivity index (χ0v) is 6.79. The molecule has 0 nitrogen and oxygen atoms in total. The number of allylic oxidation sites excluding steroid dienone is 3. The predicted octanol–water partition coefficient (Wildman–Crippen LogP) is 3.00. The quantitative estimate of drug-likeness (QED) is 0.543. The Balaban J connectivity index is 4.07. The van der Waals surface area contributed by atoms with Gasteiger partial charge in [0.2, 0.25) is 0 Å². The standard InChI is InChI=1S/C8H12S/c1-5-8(9-4)6-7(2)3/h5-6H,1-2H2,3-4H3/b8-6+. The summed E-state index contributed by atoms with van der Waals surface area (Å²) >= 11 is 1.68. The minimum absolute atomic E-state index is 1.07. The van der Waals surface area contributed by atoms with Crippen LogP contribution < -0.4 is 0 Å². The fraction of sp³-hybridized carbons (Fsp3) is 0.250. The normalized spacial score (nSPS) is 11.1. The first-order valence-electron chi connectivity index (χ1n) is 2.74. The van der Waals surface area contributed by atoms with Gasteiger partial charge in [-0.3, -0.25) is 0 Å². The number of thioether (sulfide) groups is 1. The highest BCUT2D eigenvalue weighted by Crippen LogP contribution is 2.13. The minimum Gasteiger partial charge on any atom is -0.130 e. The average Bonchev–Trinajstić information content (AvgIpc) is 1.82. The maximum absolute atomic E-state index is 3.75. The van der Waals surface area contributed by atoms with E-state index in [0.29, 0.717) is 0 Å². The molecular formula is C8H12S. The molecule has 0 N–H and O–H groups in total. The van der Waals surface area contributed by atoms with Crippen molar-refractivity contribution < 1.29 is 0 Å². The topological polar surface area (TPSA) is 0 Å². The van der Waals surface area contributed by atoms with Crippen LogP contribution in [0.5, 0.6) is 0 Å². The Morgan fingerprint density at radius 2 is 2.11 bits per heavy atom. The molecule has 0 saturated carbocycles. The van der Waals surface area contributed by atoms with E-state index in [1.54, 1.807) is 11.8 Å². The molecule has 0 radical (unpaired) electrons. The highest BCUT2D eigenvalue weighted by molar-refractivity contribution is 8.02. The predicted molar refractivity (Wildman–Crippen MR) is 46.6 cm³/mol. The van der Waals surface area contributed by atoms with Gasteiger partial charge in [-0.25, -0.2) is 0 Å². The van der Waals surface area contributed by atoms with Crippen molar-refractivity contribution >= 4 is 11.8 Å². The molecule has 0 rings (SSSR count). The zero-order chi connectivity index (χ0) is 7.28. The fourth-order valence-corrected chi connectivity index (χ4v) is 0.930. The molecule has 50 valence electrons. The second-order valence-electron chi connectivity index (χ2n) is 1.80. The van der Waals surface area contributed by atoms with Crippen LogP contribution >= 0.6 is 11.8 Å². The maximum atomic E-state index is 3.75. The van der Waals surface area contributed by atoms with E-state index in [1.807, 2.05) is 25.3 Å². The fourth-order valence-electron chi connectivity index (χ4n) is 0.444. The molecule has 9 heavy (non-hydrogen) atoms. The molecule has 0 aliphatic heterocycles. The van der Waals surface area contributed by atoms with Gasteiger partial charge in [-0.05, 0) is 19.3 Å². The van der Waals surface area contributed by atoms with Crippen molar-refractivity contribution in [2.45, 2.75) is 6.92 Å². The van der Waals surface area contributed by atoms with Crippen molar-refractivity contribution in [2.75, 3.05) is 6.26 Å². The van der Waals surface area contributed by atoms with Crippen LogP contribution in [0.3, 0.4) is 0 Å². The smallest absolute Gasteiger partial charge is 0.00656 e. The molecule has 0 heterocycles. The van der Waals surface area contributed by atoms with Crippen LogP contribution in [0.4, 0.5) is 0 Å². The summed E-state index contributed by atoms with van der Waals surface area (Å²) < 4.78 is 0. The van der Waals surface area contributed by atoms with E-state index >= 15 is 0 Å². The second kappa shape index (κ2) is 4.45. The van der Waals surface area contributed by atoms with Crippen LogP contribution in [-0.2, 0) is 0 Å². The highest BCUT2D eigenvalue weighted by atomic mass is 32.2. The summed E-state index contributed by atoms with van der Waals surface area (Å²) in [5.74, 6) is 0. The van der Waals surface area contributed by atoms with Crippen molar-refractivity contribution in [3.8, 4) is 0 Å². The Morgan fingerprint density at radius 1 is 1.56 bits per heavy atom. The van der Waals surface area contributed by atoms with Crippen LogP contribution in [-0.4, -0.2) is 6.26 Å². The van der Waals surface area contributed by atoms with Crippen LogP contribution in [0.25, 0.3) is 0 Å². The largest absolute Gasteiger partial charge is 0.130 e. The van der Waals surface area contributed by atoms with E-state index < -0.39 is 0 Å². The molecule has 0 spiro atoms. The summed E-state index contributed by atoms with van der Waals surface area (Å²) in [5, 5.41) is 0. The van der Waals surface area contributed by atoms with Gasteiger partial charge in [0.05, 0.1) is 0 Å². The van der Waals surface area contributed by atoms with Crippen molar-refractivity contribution in [3.05, 3.63) is 35.8 Å². The van der Waals surface area contributed by atoms with Gasteiger partial charge in [0.15, 0.2) is 0 Å². The van der Waals surface area contributed by atoms with Gasteiger partial charge in [-0.2, -0.15) is 0 Å². The average molecular weight is 140 g/mol. The molecule has 0 atom stereocenters. The second-order valence-corrected chi connectivity index (χ2v) is 2.68. The third kappa shape index (κ3) is 4.10. The molecule has 0 bridgehead atoms. The molecular weight excluding hydrogens is 128 g/mol. The molecule has 0 saturated heterocycles. The van der Waals surface area contributed by atoms with Crippen LogP contribution in [0.1, 0.15) is 6.92 Å². The van der Waals surface area contributed by atoms with Crippen molar-refractivity contribution in [2.24, 2.45) is 0 Å². The summed E-state index contributed by atoms with van der Waals surface area (Å²) in [6.45, 7) is 9.38. The van der Waals surface area contributed by atoms with Crippen LogP contribution in [0.15, 0.2) is 35.8 Å². The molecule has 0 amide bonds. The Morgan fingerprint density at radius 3 is 2.22 bits per heavy atom. The van der Waals surface area contributed by atoms with Gasteiger partial charge in [-0.1, -0.05) is 24.8 Å².